The molecule has 0 saturated heterocycles. The summed E-state index contributed by atoms with van der Waals surface area (Å²) in [6.45, 7) is 0. The fraction of sp³-hybridized carbons (Fsp3) is 0. The second kappa shape index (κ2) is 23.1. The van der Waals surface area contributed by atoms with Crippen LogP contribution in [0.5, 0.6) is 0 Å². The summed E-state index contributed by atoms with van der Waals surface area (Å²) < 4.78 is 4.78. The van der Waals surface area contributed by atoms with Gasteiger partial charge in [0, 0.05) is 67.4 Å². The second-order valence-corrected chi connectivity index (χ2v) is 20.9. The summed E-state index contributed by atoms with van der Waals surface area (Å²) in [7, 11) is 0. The Balaban J connectivity index is 0.731. The van der Waals surface area contributed by atoms with Gasteiger partial charge < -0.3 is 18.9 Å². The van der Waals surface area contributed by atoms with Crippen LogP contribution in [0, 0.1) is 0 Å². The molecule has 4 heteroatoms. The third kappa shape index (κ3) is 10.1. The lowest BCUT2D eigenvalue weighted by Crippen LogP contribution is -2.10. The van der Waals surface area contributed by atoms with Crippen molar-refractivity contribution in [3.8, 4) is 45.0 Å². The van der Waals surface area contributed by atoms with Crippen molar-refractivity contribution in [2.45, 2.75) is 0 Å². The van der Waals surface area contributed by atoms with Gasteiger partial charge in [0.25, 0.3) is 0 Å². The van der Waals surface area contributed by atoms with Gasteiger partial charge in [0.2, 0.25) is 0 Å². The van der Waals surface area contributed by atoms with Crippen LogP contribution >= 0.6 is 0 Å². The number of benzene rings is 12. The summed E-state index contributed by atoms with van der Waals surface area (Å²) in [5, 5.41) is 2.42. The highest BCUT2D eigenvalue weighted by Crippen LogP contribution is 2.42. The third-order valence-electron chi connectivity index (χ3n) is 15.8. The van der Waals surface area contributed by atoms with E-state index in [1.165, 1.54) is 55.4 Å². The van der Waals surface area contributed by atoms with Crippen LogP contribution in [0.1, 0.15) is 22.3 Å². The molecule has 0 amide bonds. The summed E-state index contributed by atoms with van der Waals surface area (Å²) in [5.41, 5.74) is 22.7. The van der Waals surface area contributed by atoms with Gasteiger partial charge in [-0.05, 0) is 143 Å². The fourth-order valence-electron chi connectivity index (χ4n) is 11.8. The third-order valence-corrected chi connectivity index (χ3v) is 15.8. The monoisotopic (exact) mass is 1070 g/mol. The van der Waals surface area contributed by atoms with Gasteiger partial charge in [-0.2, -0.15) is 0 Å². The maximum Gasteiger partial charge on any atom is 0.0613 e. The molecule has 0 aliphatic carbocycles. The van der Waals surface area contributed by atoms with E-state index in [1.54, 1.807) is 0 Å². The van der Waals surface area contributed by atoms with Gasteiger partial charge in [-0.3, -0.25) is 0 Å². The number of hydrogen-bond donors (Lipinski definition) is 0. The molecule has 0 aliphatic heterocycles. The summed E-state index contributed by atoms with van der Waals surface area (Å²) in [4.78, 5) is 4.65. The minimum absolute atomic E-state index is 1.08. The van der Waals surface area contributed by atoms with E-state index in [-0.39, 0.29) is 0 Å². The van der Waals surface area contributed by atoms with Crippen LogP contribution in [0.3, 0.4) is 0 Å². The molecule has 2 heterocycles. The Bertz CT molecular complexity index is 4270. The van der Waals surface area contributed by atoms with Gasteiger partial charge in [-0.1, -0.05) is 243 Å². The number of nitrogens with zero attached hydrogens (tertiary/aromatic N) is 4. The number of anilines is 6. The maximum atomic E-state index is 2.39. The number of aromatic nitrogens is 2. The van der Waals surface area contributed by atoms with Gasteiger partial charge in [-0.15, -0.1) is 0 Å². The summed E-state index contributed by atoms with van der Waals surface area (Å²) in [5.74, 6) is 0. The lowest BCUT2D eigenvalue weighted by Gasteiger charge is -2.26. The molecule has 14 aromatic rings. The first kappa shape index (κ1) is 51.0. The molecule has 2 aromatic heterocycles. The zero-order chi connectivity index (χ0) is 56.0. The normalized spacial score (nSPS) is 11.5. The number of hydrogen-bond acceptors (Lipinski definition) is 2. The average molecular weight is 1080 g/mol. The van der Waals surface area contributed by atoms with Gasteiger partial charge in [0.1, 0.15) is 0 Å². The molecule has 0 fully saturated rings. The highest BCUT2D eigenvalue weighted by atomic mass is 15.1. The molecule has 0 N–H and O–H groups in total. The van der Waals surface area contributed by atoms with E-state index in [0.29, 0.717) is 0 Å². The van der Waals surface area contributed by atoms with Crippen LogP contribution in [0.25, 0.3) is 91.1 Å². The highest BCUT2D eigenvalue weighted by molar-refractivity contribution is 6.02. The standard InChI is InChI=1S/C80H58N4/c1-7-23-63(24-8-1)79-75(73-35-19-21-37-77(73)83(79)67-31-15-5-16-32-67)57-43-59-39-49-69(50-40-59)81(65-27-11-3-12-28-65)71-53-45-61(46-54-71)62-47-55-72(56-48-62)82(66-29-13-4-14-30-66)70-51-41-60(42-52-70)44-58-76-74-36-20-22-38-78(74)84(68-33-17-6-18-34-68)80(76)64-25-9-2-10-26-64/h1-58H. The molecule has 0 bridgehead atoms. The van der Waals surface area contributed by atoms with Crippen molar-refractivity contribution < 1.29 is 0 Å². The first-order valence-electron chi connectivity index (χ1n) is 28.7. The quantitative estimate of drug-likeness (QED) is 0.102. The van der Waals surface area contributed by atoms with E-state index >= 15 is 0 Å². The minimum atomic E-state index is 1.08. The van der Waals surface area contributed by atoms with Crippen molar-refractivity contribution in [3.05, 3.63) is 350 Å². The van der Waals surface area contributed by atoms with Crippen LogP contribution < -0.4 is 9.80 Å². The molecule has 4 nitrogen and oxygen atoms in total. The van der Waals surface area contributed by atoms with E-state index in [0.717, 1.165) is 67.8 Å². The Labute approximate surface area is 491 Å². The van der Waals surface area contributed by atoms with Gasteiger partial charge in [-0.25, -0.2) is 0 Å². The topological polar surface area (TPSA) is 16.3 Å². The molecule has 0 atom stereocenters. The van der Waals surface area contributed by atoms with Gasteiger partial charge in [0.15, 0.2) is 0 Å². The van der Waals surface area contributed by atoms with Crippen molar-refractivity contribution in [3.63, 3.8) is 0 Å². The predicted molar refractivity (Wildman–Crippen MR) is 357 cm³/mol. The molecular weight excluding hydrogens is 1020 g/mol. The second-order valence-electron chi connectivity index (χ2n) is 20.9. The first-order valence-corrected chi connectivity index (χ1v) is 28.7. The Morgan fingerprint density at radius 3 is 0.833 bits per heavy atom. The van der Waals surface area contributed by atoms with Crippen molar-refractivity contribution in [1.82, 2.24) is 9.13 Å². The van der Waals surface area contributed by atoms with Crippen LogP contribution in [-0.2, 0) is 0 Å². The van der Waals surface area contributed by atoms with Crippen LogP contribution in [-0.4, -0.2) is 9.13 Å². The highest BCUT2D eigenvalue weighted by Gasteiger charge is 2.21. The van der Waals surface area contributed by atoms with E-state index in [2.05, 4.69) is 371 Å². The SMILES string of the molecule is C(=Cc1c(-c2ccccc2)n(-c2ccccc2)c2ccccc12)c1ccc(N(c2ccccc2)c2ccc(-c3ccc(N(c4ccccc4)c4ccc(C=Cc5c(-c6ccccc6)n(-c6ccccc6)c6ccccc56)cc4)cc3)cc2)cc1. The lowest BCUT2D eigenvalue weighted by atomic mass is 10.0. The number of fused-ring (bicyclic) bond motifs is 2. The zero-order valence-electron chi connectivity index (χ0n) is 46.3. The Morgan fingerprint density at radius 2 is 0.488 bits per heavy atom. The summed E-state index contributed by atoms with van der Waals surface area (Å²) in [6.07, 6.45) is 9.04. The number of rotatable bonds is 15. The van der Waals surface area contributed by atoms with Crippen molar-refractivity contribution in [1.29, 1.82) is 0 Å². The molecule has 14 rings (SSSR count). The van der Waals surface area contributed by atoms with Gasteiger partial charge in [0.05, 0.1) is 22.4 Å². The molecule has 0 unspecified atom stereocenters. The van der Waals surface area contributed by atoms with E-state index < -0.39 is 0 Å². The lowest BCUT2D eigenvalue weighted by molar-refractivity contribution is 1.13. The molecule has 0 saturated carbocycles. The summed E-state index contributed by atoms with van der Waals surface area (Å²) in [6, 6.07) is 117. The average Bonchev–Trinajstić information content (AvgIpc) is 4.19. The smallest absolute Gasteiger partial charge is 0.0613 e. The van der Waals surface area contributed by atoms with Gasteiger partial charge >= 0.3 is 0 Å². The molecule has 0 spiro atoms. The fourth-order valence-corrected chi connectivity index (χ4v) is 11.8. The predicted octanol–water partition coefficient (Wildman–Crippen LogP) is 21.9. The minimum Gasteiger partial charge on any atom is -0.311 e. The van der Waals surface area contributed by atoms with Crippen LogP contribution in [0.15, 0.2) is 328 Å². The maximum absolute atomic E-state index is 2.39. The van der Waals surface area contributed by atoms with E-state index in [4.69, 9.17) is 0 Å². The molecular formula is C80H58N4. The van der Waals surface area contributed by atoms with Crippen molar-refractivity contribution in [2.24, 2.45) is 0 Å². The van der Waals surface area contributed by atoms with Crippen molar-refractivity contribution in [2.75, 3.05) is 9.80 Å². The zero-order valence-corrected chi connectivity index (χ0v) is 46.3. The Hall–Kier alpha value is -11.2. The molecule has 398 valence electrons. The molecule has 0 radical (unpaired) electrons. The number of para-hydroxylation sites is 6. The Morgan fingerprint density at radius 1 is 0.214 bits per heavy atom. The largest absolute Gasteiger partial charge is 0.311 e. The van der Waals surface area contributed by atoms with E-state index in [1.807, 2.05) is 0 Å². The van der Waals surface area contributed by atoms with E-state index in [9.17, 15) is 0 Å². The molecule has 84 heavy (non-hydrogen) atoms. The first-order chi connectivity index (χ1) is 41.7. The molecule has 12 aromatic carbocycles. The Kier molecular flexibility index (Phi) is 14.0. The summed E-state index contributed by atoms with van der Waals surface area (Å²) >= 11 is 0. The van der Waals surface area contributed by atoms with Crippen LogP contribution in [0.4, 0.5) is 34.1 Å². The molecule has 0 aliphatic rings. The van der Waals surface area contributed by atoms with Crippen molar-refractivity contribution >= 4 is 80.2 Å². The van der Waals surface area contributed by atoms with Crippen LogP contribution in [0.2, 0.25) is 0 Å².